The number of aryl methyl sites for hydroxylation is 2. The topological polar surface area (TPSA) is 100 Å². The van der Waals surface area contributed by atoms with Crippen LogP contribution in [-0.4, -0.2) is 19.9 Å². The first-order valence-corrected chi connectivity index (χ1v) is 7.41. The Hall–Kier alpha value is -3.15. The number of hydrogen-bond donors (Lipinski definition) is 3. The van der Waals surface area contributed by atoms with Gasteiger partial charge in [0.15, 0.2) is 0 Å². The van der Waals surface area contributed by atoms with Crippen molar-refractivity contribution in [1.29, 1.82) is 0 Å². The van der Waals surface area contributed by atoms with Crippen LogP contribution in [0.2, 0.25) is 0 Å². The summed E-state index contributed by atoms with van der Waals surface area (Å²) in [6.07, 6.45) is 3.21. The molecule has 0 aliphatic rings. The van der Waals surface area contributed by atoms with Crippen molar-refractivity contribution in [3.8, 4) is 0 Å². The molecule has 0 aliphatic carbocycles. The minimum absolute atomic E-state index is 0.123. The molecule has 4 N–H and O–H groups in total. The Kier molecular flexibility index (Phi) is 3.08. The molecule has 2 heterocycles. The smallest absolute Gasteiger partial charge is 0.260 e. The molecule has 23 heavy (non-hydrogen) atoms. The number of imidazole rings is 1. The van der Waals surface area contributed by atoms with E-state index in [-0.39, 0.29) is 11.5 Å². The van der Waals surface area contributed by atoms with E-state index in [1.807, 2.05) is 18.2 Å². The molecule has 114 valence electrons. The van der Waals surface area contributed by atoms with Crippen LogP contribution in [0.4, 0.5) is 5.95 Å². The lowest BCUT2D eigenvalue weighted by Gasteiger charge is -2.08. The SMILES string of the molecule is Nc1nc2c(CCc3ccccc3)c3nc[nH]c3cc2c(=O)[nH]1. The summed E-state index contributed by atoms with van der Waals surface area (Å²) in [6.45, 7) is 0. The Labute approximate surface area is 131 Å². The Morgan fingerprint density at radius 1 is 1.09 bits per heavy atom. The van der Waals surface area contributed by atoms with Gasteiger partial charge in [-0.25, -0.2) is 9.97 Å². The van der Waals surface area contributed by atoms with Crippen molar-refractivity contribution in [3.05, 3.63) is 64.2 Å². The number of H-pyrrole nitrogens is 2. The van der Waals surface area contributed by atoms with E-state index in [2.05, 4.69) is 32.1 Å². The van der Waals surface area contributed by atoms with Crippen molar-refractivity contribution < 1.29 is 0 Å². The average Bonchev–Trinajstić information content (AvgIpc) is 3.01. The van der Waals surface area contributed by atoms with Crippen molar-refractivity contribution in [3.63, 3.8) is 0 Å². The van der Waals surface area contributed by atoms with Gasteiger partial charge in [0.2, 0.25) is 5.95 Å². The molecule has 2 aromatic heterocycles. The van der Waals surface area contributed by atoms with E-state index in [9.17, 15) is 4.79 Å². The molecule has 0 atom stereocenters. The van der Waals surface area contributed by atoms with E-state index in [0.29, 0.717) is 10.9 Å². The van der Waals surface area contributed by atoms with Gasteiger partial charge in [0.25, 0.3) is 5.56 Å². The van der Waals surface area contributed by atoms with Gasteiger partial charge < -0.3 is 10.7 Å². The zero-order valence-corrected chi connectivity index (χ0v) is 12.3. The number of nitrogens with one attached hydrogen (secondary N) is 2. The summed E-state index contributed by atoms with van der Waals surface area (Å²) in [4.78, 5) is 26.5. The molecule has 6 nitrogen and oxygen atoms in total. The van der Waals surface area contributed by atoms with Gasteiger partial charge in [0.05, 0.1) is 28.3 Å². The van der Waals surface area contributed by atoms with E-state index in [1.54, 1.807) is 12.4 Å². The predicted octanol–water partition coefficient (Wildman–Crippen LogP) is 2.17. The summed E-state index contributed by atoms with van der Waals surface area (Å²) in [5.41, 5.74) is 9.96. The van der Waals surface area contributed by atoms with Crippen LogP contribution in [0.25, 0.3) is 21.9 Å². The van der Waals surface area contributed by atoms with E-state index >= 15 is 0 Å². The molecule has 0 radical (unpaired) electrons. The third kappa shape index (κ3) is 2.34. The summed E-state index contributed by atoms with van der Waals surface area (Å²) in [7, 11) is 0. The minimum atomic E-state index is -0.232. The second-order valence-corrected chi connectivity index (χ2v) is 5.49. The Morgan fingerprint density at radius 2 is 1.91 bits per heavy atom. The first-order valence-electron chi connectivity index (χ1n) is 7.41. The van der Waals surface area contributed by atoms with Gasteiger partial charge in [-0.05, 0) is 24.5 Å². The number of fused-ring (bicyclic) bond motifs is 2. The number of nitrogens with two attached hydrogens (primary N) is 1. The molecular weight excluding hydrogens is 290 g/mol. The normalized spacial score (nSPS) is 11.3. The standard InChI is InChI=1S/C17H15N5O/c18-17-21-14-11(7-6-10-4-2-1-3-5-10)15-13(19-9-20-15)8-12(14)16(23)22-17/h1-5,8-9H,6-7H2,(H,19,20)(H3,18,21,22,23). The number of nitrogen functional groups attached to an aromatic ring is 1. The highest BCUT2D eigenvalue weighted by molar-refractivity contribution is 5.97. The summed E-state index contributed by atoms with van der Waals surface area (Å²) < 4.78 is 0. The summed E-state index contributed by atoms with van der Waals surface area (Å²) in [5, 5.41) is 0.527. The van der Waals surface area contributed by atoms with Crippen LogP contribution in [0, 0.1) is 0 Å². The molecule has 0 saturated heterocycles. The van der Waals surface area contributed by atoms with Gasteiger partial charge in [-0.2, -0.15) is 0 Å². The molecule has 2 aromatic carbocycles. The Balaban J connectivity index is 1.90. The van der Waals surface area contributed by atoms with Crippen LogP contribution >= 0.6 is 0 Å². The van der Waals surface area contributed by atoms with Crippen molar-refractivity contribution in [2.45, 2.75) is 12.8 Å². The number of nitrogens with zero attached hydrogens (tertiary/aromatic N) is 2. The fourth-order valence-corrected chi connectivity index (χ4v) is 2.93. The molecule has 0 unspecified atom stereocenters. The number of rotatable bonds is 3. The number of aromatic nitrogens is 4. The lowest BCUT2D eigenvalue weighted by atomic mass is 10.0. The maximum atomic E-state index is 12.2. The quantitative estimate of drug-likeness (QED) is 0.540. The Bertz CT molecular complexity index is 1050. The lowest BCUT2D eigenvalue weighted by molar-refractivity contribution is 0.969. The third-order valence-corrected chi connectivity index (χ3v) is 4.01. The first kappa shape index (κ1) is 13.5. The fourth-order valence-electron chi connectivity index (χ4n) is 2.93. The van der Waals surface area contributed by atoms with Crippen LogP contribution in [-0.2, 0) is 12.8 Å². The van der Waals surface area contributed by atoms with Crippen LogP contribution < -0.4 is 11.3 Å². The van der Waals surface area contributed by atoms with Crippen LogP contribution in [0.1, 0.15) is 11.1 Å². The number of aromatic amines is 2. The average molecular weight is 305 g/mol. The van der Waals surface area contributed by atoms with E-state index in [1.165, 1.54) is 5.56 Å². The molecule has 4 aromatic rings. The molecule has 6 heteroatoms. The number of benzene rings is 2. The maximum Gasteiger partial charge on any atom is 0.260 e. The molecular formula is C17H15N5O. The van der Waals surface area contributed by atoms with Crippen LogP contribution in [0.3, 0.4) is 0 Å². The second kappa shape index (κ2) is 5.24. The molecule has 0 bridgehead atoms. The van der Waals surface area contributed by atoms with Crippen molar-refractivity contribution in [1.82, 2.24) is 19.9 Å². The summed E-state index contributed by atoms with van der Waals surface area (Å²) in [5.74, 6) is 0.123. The summed E-state index contributed by atoms with van der Waals surface area (Å²) >= 11 is 0. The number of anilines is 1. The predicted molar refractivity (Wildman–Crippen MR) is 90.3 cm³/mol. The summed E-state index contributed by atoms with van der Waals surface area (Å²) in [6, 6.07) is 12.0. The molecule has 0 aliphatic heterocycles. The highest BCUT2D eigenvalue weighted by Gasteiger charge is 2.14. The maximum absolute atomic E-state index is 12.2. The minimum Gasteiger partial charge on any atom is -0.369 e. The van der Waals surface area contributed by atoms with Crippen molar-refractivity contribution in [2.24, 2.45) is 0 Å². The monoisotopic (exact) mass is 305 g/mol. The Morgan fingerprint density at radius 3 is 2.74 bits per heavy atom. The zero-order chi connectivity index (χ0) is 15.8. The molecule has 0 fully saturated rings. The van der Waals surface area contributed by atoms with Crippen LogP contribution in [0.15, 0.2) is 47.5 Å². The van der Waals surface area contributed by atoms with Gasteiger partial charge >= 0.3 is 0 Å². The van der Waals surface area contributed by atoms with Crippen molar-refractivity contribution in [2.75, 3.05) is 5.73 Å². The highest BCUT2D eigenvalue weighted by Crippen LogP contribution is 2.25. The van der Waals surface area contributed by atoms with E-state index in [0.717, 1.165) is 29.4 Å². The highest BCUT2D eigenvalue weighted by atomic mass is 16.1. The van der Waals surface area contributed by atoms with Crippen molar-refractivity contribution >= 4 is 27.9 Å². The molecule has 0 spiro atoms. The van der Waals surface area contributed by atoms with Gasteiger partial charge in [-0.1, -0.05) is 30.3 Å². The van der Waals surface area contributed by atoms with Gasteiger partial charge in [0, 0.05) is 5.56 Å². The first-order chi connectivity index (χ1) is 11.2. The van der Waals surface area contributed by atoms with Crippen LogP contribution in [0.5, 0.6) is 0 Å². The largest absolute Gasteiger partial charge is 0.369 e. The molecule has 4 rings (SSSR count). The van der Waals surface area contributed by atoms with Gasteiger partial charge in [-0.3, -0.25) is 9.78 Å². The zero-order valence-electron chi connectivity index (χ0n) is 12.3. The lowest BCUT2D eigenvalue weighted by Crippen LogP contribution is -2.12. The van der Waals surface area contributed by atoms with Gasteiger partial charge in [0.1, 0.15) is 0 Å². The fraction of sp³-hybridized carbons (Fsp3) is 0.118. The van der Waals surface area contributed by atoms with Gasteiger partial charge in [-0.15, -0.1) is 0 Å². The second-order valence-electron chi connectivity index (χ2n) is 5.49. The number of hydrogen-bond acceptors (Lipinski definition) is 4. The molecule has 0 saturated carbocycles. The third-order valence-electron chi connectivity index (χ3n) is 4.01. The molecule has 0 amide bonds. The van der Waals surface area contributed by atoms with E-state index < -0.39 is 0 Å². The van der Waals surface area contributed by atoms with E-state index in [4.69, 9.17) is 5.73 Å².